The average molecular weight is 187 g/mol. The molecule has 3 heteroatoms. The van der Waals surface area contributed by atoms with Gasteiger partial charge >= 0.3 is 0 Å². The van der Waals surface area contributed by atoms with Gasteiger partial charge in [-0.1, -0.05) is 0 Å². The summed E-state index contributed by atoms with van der Waals surface area (Å²) in [6.07, 6.45) is 4.08. The smallest absolute Gasteiger partial charge is 0.118 e. The van der Waals surface area contributed by atoms with E-state index in [2.05, 4.69) is 40.0 Å². The summed E-state index contributed by atoms with van der Waals surface area (Å²) in [5, 5.41) is 3.27. The first-order chi connectivity index (χ1) is 6.84. The molecule has 0 bridgehead atoms. The average Bonchev–Trinajstić information content (AvgIpc) is 2.45. The standard InChI is InChI=1S/C11H13N3/c1-8-2-3-14-10(4-8)7-13-11(14)9-5-12-6-9/h2-4,7,9,12H,5-6H2,1H3. The summed E-state index contributed by atoms with van der Waals surface area (Å²) < 4.78 is 2.19. The van der Waals surface area contributed by atoms with Crippen molar-refractivity contribution >= 4 is 5.52 Å². The molecule has 1 aliphatic heterocycles. The molecule has 3 heterocycles. The Balaban J connectivity index is 2.16. The van der Waals surface area contributed by atoms with Crippen molar-refractivity contribution in [2.45, 2.75) is 12.8 Å². The molecule has 14 heavy (non-hydrogen) atoms. The molecule has 0 spiro atoms. The fraction of sp³-hybridized carbons (Fsp3) is 0.364. The molecule has 1 fully saturated rings. The Morgan fingerprint density at radius 1 is 1.50 bits per heavy atom. The molecule has 0 saturated carbocycles. The third-order valence-corrected chi connectivity index (χ3v) is 2.86. The Kier molecular flexibility index (Phi) is 1.61. The van der Waals surface area contributed by atoms with Crippen molar-refractivity contribution in [1.82, 2.24) is 14.7 Å². The van der Waals surface area contributed by atoms with Gasteiger partial charge in [0.05, 0.1) is 11.7 Å². The summed E-state index contributed by atoms with van der Waals surface area (Å²) in [5.74, 6) is 1.79. The van der Waals surface area contributed by atoms with Crippen LogP contribution in [0.4, 0.5) is 0 Å². The van der Waals surface area contributed by atoms with Gasteiger partial charge in [-0.2, -0.15) is 0 Å². The van der Waals surface area contributed by atoms with Crippen LogP contribution in [0.5, 0.6) is 0 Å². The molecule has 1 aliphatic rings. The zero-order valence-corrected chi connectivity index (χ0v) is 8.20. The van der Waals surface area contributed by atoms with Crippen LogP contribution >= 0.6 is 0 Å². The lowest BCUT2D eigenvalue weighted by Gasteiger charge is -2.25. The van der Waals surface area contributed by atoms with E-state index in [-0.39, 0.29) is 0 Å². The first-order valence-corrected chi connectivity index (χ1v) is 4.99. The summed E-state index contributed by atoms with van der Waals surface area (Å²) in [6.45, 7) is 4.23. The van der Waals surface area contributed by atoms with Gasteiger partial charge in [0.15, 0.2) is 0 Å². The molecule has 3 nitrogen and oxygen atoms in total. The van der Waals surface area contributed by atoms with Crippen molar-refractivity contribution < 1.29 is 0 Å². The Labute approximate surface area is 82.8 Å². The van der Waals surface area contributed by atoms with Crippen LogP contribution in [-0.4, -0.2) is 22.5 Å². The number of aromatic nitrogens is 2. The van der Waals surface area contributed by atoms with Crippen molar-refractivity contribution in [2.75, 3.05) is 13.1 Å². The molecular weight excluding hydrogens is 174 g/mol. The summed E-state index contributed by atoms with van der Waals surface area (Å²) in [5.41, 5.74) is 2.49. The second-order valence-corrected chi connectivity index (χ2v) is 3.97. The van der Waals surface area contributed by atoms with Crippen LogP contribution in [0, 0.1) is 6.92 Å². The van der Waals surface area contributed by atoms with Crippen molar-refractivity contribution in [2.24, 2.45) is 0 Å². The molecule has 0 unspecified atom stereocenters. The number of nitrogens with zero attached hydrogens (tertiary/aromatic N) is 2. The van der Waals surface area contributed by atoms with Gasteiger partial charge in [-0.25, -0.2) is 4.98 Å². The van der Waals surface area contributed by atoms with E-state index in [1.165, 1.54) is 16.9 Å². The summed E-state index contributed by atoms with van der Waals surface area (Å²) in [7, 11) is 0. The maximum atomic E-state index is 4.48. The van der Waals surface area contributed by atoms with Gasteiger partial charge in [0.2, 0.25) is 0 Å². The normalized spacial score (nSPS) is 17.2. The predicted octanol–water partition coefficient (Wildman–Crippen LogP) is 1.33. The minimum absolute atomic E-state index is 0.597. The van der Waals surface area contributed by atoms with Gasteiger partial charge < -0.3 is 9.72 Å². The summed E-state index contributed by atoms with van der Waals surface area (Å²) in [4.78, 5) is 4.48. The molecule has 1 saturated heterocycles. The predicted molar refractivity (Wildman–Crippen MR) is 55.5 cm³/mol. The molecular formula is C11H13N3. The highest BCUT2D eigenvalue weighted by Crippen LogP contribution is 2.20. The van der Waals surface area contributed by atoms with Crippen LogP contribution in [0.15, 0.2) is 24.5 Å². The van der Waals surface area contributed by atoms with Crippen LogP contribution in [0.3, 0.4) is 0 Å². The molecule has 2 aromatic heterocycles. The van der Waals surface area contributed by atoms with E-state index >= 15 is 0 Å². The van der Waals surface area contributed by atoms with Crippen molar-refractivity contribution in [3.05, 3.63) is 35.9 Å². The first kappa shape index (κ1) is 8.00. The maximum Gasteiger partial charge on any atom is 0.118 e. The number of fused-ring (bicyclic) bond motifs is 1. The van der Waals surface area contributed by atoms with Gasteiger partial charge in [-0.15, -0.1) is 0 Å². The Bertz CT molecular complexity index is 468. The molecule has 0 radical (unpaired) electrons. The first-order valence-electron chi connectivity index (χ1n) is 4.99. The van der Waals surface area contributed by atoms with E-state index in [9.17, 15) is 0 Å². The van der Waals surface area contributed by atoms with Crippen LogP contribution in [0.1, 0.15) is 17.3 Å². The van der Waals surface area contributed by atoms with E-state index in [1.807, 2.05) is 6.20 Å². The SMILES string of the molecule is Cc1ccn2c(C3CNC3)ncc2c1. The van der Waals surface area contributed by atoms with Gasteiger partial charge in [-0.05, 0) is 24.6 Å². The van der Waals surface area contributed by atoms with E-state index in [4.69, 9.17) is 0 Å². The lowest BCUT2D eigenvalue weighted by Crippen LogP contribution is -2.40. The maximum absolute atomic E-state index is 4.48. The third kappa shape index (κ3) is 1.06. The fourth-order valence-electron chi connectivity index (χ4n) is 1.91. The quantitative estimate of drug-likeness (QED) is 0.729. The molecule has 3 rings (SSSR count). The number of nitrogens with one attached hydrogen (secondary N) is 1. The molecule has 0 amide bonds. The highest BCUT2D eigenvalue weighted by atomic mass is 15.1. The van der Waals surface area contributed by atoms with Crippen LogP contribution in [0.25, 0.3) is 5.52 Å². The number of pyridine rings is 1. The Hall–Kier alpha value is -1.35. The molecule has 1 N–H and O–H groups in total. The largest absolute Gasteiger partial charge is 0.315 e. The highest BCUT2D eigenvalue weighted by molar-refractivity contribution is 5.48. The lowest BCUT2D eigenvalue weighted by molar-refractivity contribution is 0.429. The minimum Gasteiger partial charge on any atom is -0.315 e. The third-order valence-electron chi connectivity index (χ3n) is 2.86. The summed E-state index contributed by atoms with van der Waals surface area (Å²) in [6, 6.07) is 4.30. The second kappa shape index (κ2) is 2.82. The minimum atomic E-state index is 0.597. The van der Waals surface area contributed by atoms with E-state index in [0.717, 1.165) is 13.1 Å². The van der Waals surface area contributed by atoms with Crippen molar-refractivity contribution in [3.63, 3.8) is 0 Å². The van der Waals surface area contributed by atoms with Gasteiger partial charge in [0.25, 0.3) is 0 Å². The second-order valence-electron chi connectivity index (χ2n) is 3.97. The number of aryl methyl sites for hydroxylation is 1. The monoisotopic (exact) mass is 187 g/mol. The lowest BCUT2D eigenvalue weighted by atomic mass is 10.0. The zero-order chi connectivity index (χ0) is 9.54. The molecule has 0 aliphatic carbocycles. The number of hydrogen-bond donors (Lipinski definition) is 1. The van der Waals surface area contributed by atoms with Crippen molar-refractivity contribution in [1.29, 1.82) is 0 Å². The van der Waals surface area contributed by atoms with Crippen LogP contribution in [0.2, 0.25) is 0 Å². The van der Waals surface area contributed by atoms with Crippen LogP contribution in [-0.2, 0) is 0 Å². The molecule has 0 atom stereocenters. The Morgan fingerprint density at radius 3 is 3.07 bits per heavy atom. The van der Waals surface area contributed by atoms with Gasteiger partial charge in [0, 0.05) is 25.2 Å². The fourth-order valence-corrected chi connectivity index (χ4v) is 1.91. The molecule has 0 aromatic carbocycles. The number of rotatable bonds is 1. The zero-order valence-electron chi connectivity index (χ0n) is 8.20. The van der Waals surface area contributed by atoms with Gasteiger partial charge in [-0.3, -0.25) is 0 Å². The van der Waals surface area contributed by atoms with Crippen LogP contribution < -0.4 is 5.32 Å². The van der Waals surface area contributed by atoms with E-state index in [1.54, 1.807) is 0 Å². The molecule has 72 valence electrons. The van der Waals surface area contributed by atoms with Crippen molar-refractivity contribution in [3.8, 4) is 0 Å². The summed E-state index contributed by atoms with van der Waals surface area (Å²) >= 11 is 0. The van der Waals surface area contributed by atoms with E-state index < -0.39 is 0 Å². The number of imidazole rings is 1. The Morgan fingerprint density at radius 2 is 2.36 bits per heavy atom. The number of hydrogen-bond acceptors (Lipinski definition) is 2. The molecule has 2 aromatic rings. The highest BCUT2D eigenvalue weighted by Gasteiger charge is 2.22. The topological polar surface area (TPSA) is 29.3 Å². The van der Waals surface area contributed by atoms with Gasteiger partial charge in [0.1, 0.15) is 5.82 Å². The van der Waals surface area contributed by atoms with E-state index in [0.29, 0.717) is 5.92 Å².